The normalized spacial score (nSPS) is 24.1. The monoisotopic (exact) mass is 508 g/mol. The van der Waals surface area contributed by atoms with Crippen molar-refractivity contribution < 1.29 is 18.3 Å². The van der Waals surface area contributed by atoms with Gasteiger partial charge in [-0.2, -0.15) is 8.78 Å². The van der Waals surface area contributed by atoms with Crippen molar-refractivity contribution in [2.75, 3.05) is 32.1 Å². The Hall–Kier alpha value is -2.84. The van der Waals surface area contributed by atoms with Crippen molar-refractivity contribution in [3.63, 3.8) is 0 Å². The van der Waals surface area contributed by atoms with Crippen molar-refractivity contribution in [2.45, 2.75) is 63.5 Å². The zero-order chi connectivity index (χ0) is 25.7. The maximum Gasteiger partial charge on any atom is 0.315 e. The molecule has 1 N–H and O–H groups in total. The van der Waals surface area contributed by atoms with Crippen molar-refractivity contribution >= 4 is 22.6 Å². The molecule has 2 aliphatic carbocycles. The number of rotatable bonds is 7. The van der Waals surface area contributed by atoms with Crippen LogP contribution in [0.15, 0.2) is 36.4 Å². The van der Waals surface area contributed by atoms with E-state index in [0.717, 1.165) is 50.0 Å². The molecule has 196 valence electrons. The van der Waals surface area contributed by atoms with Crippen molar-refractivity contribution in [3.05, 3.63) is 58.9 Å². The smallest absolute Gasteiger partial charge is 0.315 e. The number of alkyl halides is 2. The Morgan fingerprint density at radius 3 is 2.70 bits per heavy atom. The molecule has 2 fully saturated rings. The van der Waals surface area contributed by atoms with Gasteiger partial charge < -0.3 is 19.5 Å². The summed E-state index contributed by atoms with van der Waals surface area (Å²) in [4.78, 5) is 19.0. The van der Waals surface area contributed by atoms with E-state index >= 15 is 0 Å². The lowest BCUT2D eigenvalue weighted by atomic mass is 9.98. The van der Waals surface area contributed by atoms with Crippen molar-refractivity contribution in [1.29, 1.82) is 0 Å². The quantitative estimate of drug-likeness (QED) is 0.482. The molecule has 6 nitrogen and oxygen atoms in total. The molecule has 8 heteroatoms. The van der Waals surface area contributed by atoms with Crippen LogP contribution in [-0.2, 0) is 22.4 Å². The predicted molar refractivity (Wildman–Crippen MR) is 139 cm³/mol. The number of aryl methyl sites for hydroxylation is 1. The Morgan fingerprint density at radius 2 is 1.95 bits per heavy atom. The number of ether oxygens (including phenoxy) is 1. The second-order valence-electron chi connectivity index (χ2n) is 11.0. The first-order chi connectivity index (χ1) is 17.9. The molecule has 1 aromatic heterocycles. The highest BCUT2D eigenvalue weighted by Gasteiger charge is 2.38. The van der Waals surface area contributed by atoms with E-state index in [1.807, 2.05) is 19.2 Å². The summed E-state index contributed by atoms with van der Waals surface area (Å²) in [5, 5.41) is 2.31. The van der Waals surface area contributed by atoms with E-state index in [0.29, 0.717) is 17.5 Å². The largest absolute Gasteiger partial charge is 0.378 e. The number of benzene rings is 2. The van der Waals surface area contributed by atoms with Crippen LogP contribution in [0.2, 0.25) is 0 Å². The van der Waals surface area contributed by atoms with E-state index in [4.69, 9.17) is 9.72 Å². The molecular formula is C29H34F2N4O2. The predicted octanol–water partition coefficient (Wildman–Crippen LogP) is 5.10. The number of halogens is 2. The average Bonchev–Trinajstić information content (AvgIpc) is 3.55. The number of fused-ring (bicyclic) bond motifs is 2. The molecule has 3 atom stereocenters. The maximum absolute atomic E-state index is 12.6. The van der Waals surface area contributed by atoms with E-state index < -0.39 is 12.3 Å². The minimum absolute atomic E-state index is 0.0879. The first kappa shape index (κ1) is 24.5. The van der Waals surface area contributed by atoms with Gasteiger partial charge in [0.15, 0.2) is 0 Å². The molecule has 1 saturated carbocycles. The zero-order valence-corrected chi connectivity index (χ0v) is 21.4. The molecule has 3 aliphatic rings. The summed E-state index contributed by atoms with van der Waals surface area (Å²) in [6.07, 6.45) is 2.38. The first-order valence-corrected chi connectivity index (χ1v) is 13.3. The number of imidazole rings is 1. The lowest BCUT2D eigenvalue weighted by Gasteiger charge is -2.40. The summed E-state index contributed by atoms with van der Waals surface area (Å²) in [5.74, 6) is 0.996. The number of methoxy groups -OCH3 is 1. The topological polar surface area (TPSA) is 59.4 Å². The Morgan fingerprint density at radius 1 is 1.14 bits per heavy atom. The van der Waals surface area contributed by atoms with Crippen LogP contribution in [0.25, 0.3) is 11.0 Å². The molecular weight excluding hydrogens is 474 g/mol. The van der Waals surface area contributed by atoms with E-state index in [1.54, 1.807) is 6.07 Å². The van der Waals surface area contributed by atoms with Gasteiger partial charge in [0, 0.05) is 38.3 Å². The van der Waals surface area contributed by atoms with Gasteiger partial charge in [0.2, 0.25) is 0 Å². The summed E-state index contributed by atoms with van der Waals surface area (Å²) in [6, 6.07) is 12.4. The zero-order valence-electron chi connectivity index (χ0n) is 21.4. The Kier molecular flexibility index (Phi) is 6.49. The standard InChI is InChI=1S/C29H34F2N4O2/c1-17-3-8-24-23(11-17)33-28(19-4-5-19)35(24)25-9-10-34(16-26(25)37-2)15-18-12-20-6-7-22(14-21(20)13-18)32-29(36)27(30)31/h3,6-8,11,14,18-19,25-27H,4-5,9-10,12-13,15-16H2,1-2H3,(H,32,36)/t18?,25-,26-/m0/s1. The van der Waals surface area contributed by atoms with Crippen LogP contribution in [0.3, 0.4) is 0 Å². The number of nitrogens with zero attached hydrogens (tertiary/aromatic N) is 3. The molecule has 0 spiro atoms. The van der Waals surface area contributed by atoms with Gasteiger partial charge >= 0.3 is 6.43 Å². The summed E-state index contributed by atoms with van der Waals surface area (Å²) in [6.45, 7) is 4.97. The molecule has 0 bridgehead atoms. The van der Waals surface area contributed by atoms with Gasteiger partial charge in [-0.25, -0.2) is 4.98 Å². The molecule has 1 aliphatic heterocycles. The van der Waals surface area contributed by atoms with Gasteiger partial charge in [-0.05, 0) is 85.9 Å². The van der Waals surface area contributed by atoms with Crippen molar-refractivity contribution in [1.82, 2.24) is 14.5 Å². The average molecular weight is 509 g/mol. The number of aromatic nitrogens is 2. The molecule has 1 saturated heterocycles. The summed E-state index contributed by atoms with van der Waals surface area (Å²) in [7, 11) is 1.82. The molecule has 2 aromatic carbocycles. The lowest BCUT2D eigenvalue weighted by molar-refractivity contribution is -0.126. The molecule has 6 rings (SSSR count). The lowest BCUT2D eigenvalue weighted by Crippen LogP contribution is -2.47. The maximum atomic E-state index is 12.6. The van der Waals surface area contributed by atoms with Crippen LogP contribution in [-0.4, -0.2) is 59.6 Å². The van der Waals surface area contributed by atoms with Gasteiger partial charge in [-0.3, -0.25) is 4.79 Å². The number of carbonyl (C=O) groups excluding carboxylic acids is 1. The van der Waals surface area contributed by atoms with E-state index in [2.05, 4.69) is 39.9 Å². The van der Waals surface area contributed by atoms with Gasteiger partial charge in [-0.1, -0.05) is 12.1 Å². The summed E-state index contributed by atoms with van der Waals surface area (Å²) < 4.78 is 33.8. The number of anilines is 1. The third-order valence-electron chi connectivity index (χ3n) is 8.26. The number of hydrogen-bond acceptors (Lipinski definition) is 4. The minimum Gasteiger partial charge on any atom is -0.378 e. The molecule has 2 heterocycles. The van der Waals surface area contributed by atoms with Crippen LogP contribution in [0, 0.1) is 12.8 Å². The van der Waals surface area contributed by atoms with Crippen LogP contribution >= 0.6 is 0 Å². The van der Waals surface area contributed by atoms with Crippen molar-refractivity contribution in [2.24, 2.45) is 5.92 Å². The fourth-order valence-electron chi connectivity index (χ4n) is 6.34. The highest BCUT2D eigenvalue weighted by atomic mass is 19.3. The fraction of sp³-hybridized carbons (Fsp3) is 0.517. The van der Waals surface area contributed by atoms with Crippen LogP contribution in [0.1, 0.15) is 53.7 Å². The van der Waals surface area contributed by atoms with E-state index in [9.17, 15) is 13.6 Å². The van der Waals surface area contributed by atoms with Crippen molar-refractivity contribution in [3.8, 4) is 0 Å². The number of hydrogen-bond donors (Lipinski definition) is 1. The highest BCUT2D eigenvalue weighted by Crippen LogP contribution is 2.43. The number of amides is 1. The van der Waals surface area contributed by atoms with E-state index in [1.165, 1.54) is 35.3 Å². The van der Waals surface area contributed by atoms with Gasteiger partial charge in [0.05, 0.1) is 23.2 Å². The minimum atomic E-state index is -3.01. The number of likely N-dealkylation sites (tertiary alicyclic amines) is 1. The fourth-order valence-corrected chi connectivity index (χ4v) is 6.34. The second kappa shape index (κ2) is 9.80. The highest BCUT2D eigenvalue weighted by molar-refractivity contribution is 5.93. The molecule has 3 aromatic rings. The van der Waals surface area contributed by atoms with E-state index in [-0.39, 0.29) is 12.1 Å². The Bertz CT molecular complexity index is 1320. The number of carbonyl (C=O) groups is 1. The summed E-state index contributed by atoms with van der Waals surface area (Å²) in [5.41, 5.74) is 6.37. The van der Waals surface area contributed by atoms with Crippen LogP contribution < -0.4 is 5.32 Å². The Balaban J connectivity index is 1.14. The summed E-state index contributed by atoms with van der Waals surface area (Å²) >= 11 is 0. The molecule has 1 amide bonds. The molecule has 0 radical (unpaired) electrons. The van der Waals surface area contributed by atoms with Gasteiger partial charge in [0.25, 0.3) is 5.91 Å². The number of nitrogens with one attached hydrogen (secondary N) is 1. The number of piperidine rings is 1. The van der Waals surface area contributed by atoms with Crippen LogP contribution in [0.5, 0.6) is 0 Å². The van der Waals surface area contributed by atoms with Gasteiger partial charge in [-0.15, -0.1) is 0 Å². The third kappa shape index (κ3) is 4.89. The Labute approximate surface area is 216 Å². The molecule has 37 heavy (non-hydrogen) atoms. The second-order valence-corrected chi connectivity index (χ2v) is 11.0. The SMILES string of the molecule is CO[C@H]1CN(CC2Cc3ccc(NC(=O)C(F)F)cc3C2)CC[C@@H]1n1c(C2CC2)nc2cc(C)ccc21. The van der Waals surface area contributed by atoms with Gasteiger partial charge in [0.1, 0.15) is 5.82 Å². The van der Waals surface area contributed by atoms with Crippen LogP contribution in [0.4, 0.5) is 14.5 Å². The first-order valence-electron chi connectivity index (χ1n) is 13.3. The third-order valence-corrected chi connectivity index (χ3v) is 8.26. The molecule has 1 unspecified atom stereocenters.